The van der Waals surface area contributed by atoms with E-state index in [-0.39, 0.29) is 5.41 Å². The van der Waals surface area contributed by atoms with Crippen molar-refractivity contribution in [3.63, 3.8) is 0 Å². The highest BCUT2D eigenvalue weighted by Crippen LogP contribution is 2.31. The second-order valence-corrected chi connectivity index (χ2v) is 7.21. The minimum atomic E-state index is 0.215. The molecule has 0 fully saturated rings. The normalized spacial score (nSPS) is 18.4. The van der Waals surface area contributed by atoms with Crippen LogP contribution in [0.1, 0.15) is 54.6 Å². The second kappa shape index (κ2) is 5.31. The van der Waals surface area contributed by atoms with E-state index in [1.54, 1.807) is 0 Å². The van der Waals surface area contributed by atoms with Gasteiger partial charge in [0.25, 0.3) is 0 Å². The Labute approximate surface area is 128 Å². The van der Waals surface area contributed by atoms with Gasteiger partial charge in [-0.25, -0.2) is 0 Å². The van der Waals surface area contributed by atoms with Gasteiger partial charge in [0.1, 0.15) is 0 Å². The third-order valence-electron chi connectivity index (χ3n) is 4.47. The molecule has 0 saturated carbocycles. The molecule has 2 aromatic rings. The lowest BCUT2D eigenvalue weighted by atomic mass is 9.84. The van der Waals surface area contributed by atoms with E-state index in [0.717, 1.165) is 13.0 Å². The van der Waals surface area contributed by atoms with Crippen LogP contribution in [0.25, 0.3) is 0 Å². The van der Waals surface area contributed by atoms with Gasteiger partial charge in [-0.15, -0.1) is 0 Å². The summed E-state index contributed by atoms with van der Waals surface area (Å²) in [6.07, 6.45) is 1.13. The van der Waals surface area contributed by atoms with Crippen molar-refractivity contribution in [1.29, 1.82) is 0 Å². The molecule has 1 unspecified atom stereocenters. The molecule has 1 heteroatoms. The molecular weight excluding hydrogens is 254 g/mol. The van der Waals surface area contributed by atoms with Crippen molar-refractivity contribution in [1.82, 2.24) is 5.32 Å². The molecule has 1 N–H and O–H groups in total. The van der Waals surface area contributed by atoms with Gasteiger partial charge >= 0.3 is 0 Å². The first-order valence-corrected chi connectivity index (χ1v) is 7.88. The van der Waals surface area contributed by atoms with Crippen LogP contribution in [0.5, 0.6) is 0 Å². The molecule has 0 aromatic heterocycles. The van der Waals surface area contributed by atoms with Crippen molar-refractivity contribution in [3.05, 3.63) is 70.3 Å². The molecule has 1 heterocycles. The van der Waals surface area contributed by atoms with E-state index in [2.05, 4.69) is 75.5 Å². The third kappa shape index (κ3) is 2.89. The zero-order valence-electron chi connectivity index (χ0n) is 13.5. The number of fused-ring (bicyclic) bond motifs is 1. The first-order chi connectivity index (χ1) is 9.95. The number of aryl methyl sites for hydroxylation is 1. The van der Waals surface area contributed by atoms with Crippen LogP contribution in [0.2, 0.25) is 0 Å². The van der Waals surface area contributed by atoms with E-state index >= 15 is 0 Å². The van der Waals surface area contributed by atoms with E-state index in [9.17, 15) is 0 Å². The standard InChI is InChI=1S/C20H25N/c1-14-5-6-15-11-12-21-19(18(15)13-14)16-7-9-17(10-8-16)20(2,3)4/h5-10,13,19,21H,11-12H2,1-4H3. The van der Waals surface area contributed by atoms with Crippen LogP contribution in [-0.4, -0.2) is 6.54 Å². The summed E-state index contributed by atoms with van der Waals surface area (Å²) < 4.78 is 0. The molecule has 0 aliphatic carbocycles. The van der Waals surface area contributed by atoms with E-state index in [1.165, 1.54) is 27.8 Å². The number of hydrogen-bond donors (Lipinski definition) is 1. The van der Waals surface area contributed by atoms with Crippen molar-refractivity contribution in [2.75, 3.05) is 6.54 Å². The first-order valence-electron chi connectivity index (χ1n) is 7.88. The van der Waals surface area contributed by atoms with Crippen molar-refractivity contribution in [2.45, 2.75) is 45.6 Å². The van der Waals surface area contributed by atoms with Crippen LogP contribution in [0, 0.1) is 6.92 Å². The van der Waals surface area contributed by atoms with Crippen LogP contribution in [0.3, 0.4) is 0 Å². The fourth-order valence-electron chi connectivity index (χ4n) is 3.14. The Hall–Kier alpha value is -1.60. The monoisotopic (exact) mass is 279 g/mol. The van der Waals surface area contributed by atoms with Crippen molar-refractivity contribution < 1.29 is 0 Å². The first kappa shape index (κ1) is 14.3. The number of rotatable bonds is 1. The average molecular weight is 279 g/mol. The highest BCUT2D eigenvalue weighted by atomic mass is 14.9. The number of nitrogens with one attached hydrogen (secondary N) is 1. The van der Waals surface area contributed by atoms with Crippen LogP contribution in [0.15, 0.2) is 42.5 Å². The van der Waals surface area contributed by atoms with E-state index in [4.69, 9.17) is 0 Å². The smallest absolute Gasteiger partial charge is 0.0579 e. The molecule has 1 atom stereocenters. The summed E-state index contributed by atoms with van der Waals surface area (Å²) in [6.45, 7) is 10.0. The summed E-state index contributed by atoms with van der Waals surface area (Å²) in [5, 5.41) is 3.68. The van der Waals surface area contributed by atoms with Gasteiger partial charge in [-0.05, 0) is 41.0 Å². The molecule has 110 valence electrons. The molecule has 0 spiro atoms. The number of benzene rings is 2. The quantitative estimate of drug-likeness (QED) is 0.809. The van der Waals surface area contributed by atoms with Crippen LogP contribution < -0.4 is 5.32 Å². The third-order valence-corrected chi connectivity index (χ3v) is 4.47. The Balaban J connectivity index is 1.97. The molecule has 0 amide bonds. The summed E-state index contributed by atoms with van der Waals surface area (Å²) in [5.41, 5.74) is 7.26. The minimum absolute atomic E-state index is 0.215. The van der Waals surface area contributed by atoms with E-state index in [0.29, 0.717) is 6.04 Å². The Morgan fingerprint density at radius 2 is 1.71 bits per heavy atom. The zero-order valence-corrected chi connectivity index (χ0v) is 13.5. The molecule has 2 aromatic carbocycles. The maximum atomic E-state index is 3.68. The van der Waals surface area contributed by atoms with Gasteiger partial charge < -0.3 is 5.32 Å². The van der Waals surface area contributed by atoms with Crippen molar-refractivity contribution in [3.8, 4) is 0 Å². The van der Waals surface area contributed by atoms with E-state index in [1.807, 2.05) is 0 Å². The lowest BCUT2D eigenvalue weighted by Crippen LogP contribution is -2.30. The average Bonchev–Trinajstić information content (AvgIpc) is 2.46. The van der Waals surface area contributed by atoms with Gasteiger partial charge in [0.15, 0.2) is 0 Å². The minimum Gasteiger partial charge on any atom is -0.306 e. The Morgan fingerprint density at radius 3 is 2.38 bits per heavy atom. The van der Waals surface area contributed by atoms with E-state index < -0.39 is 0 Å². The summed E-state index contributed by atoms with van der Waals surface area (Å²) in [6, 6.07) is 16.3. The lowest BCUT2D eigenvalue weighted by Gasteiger charge is -2.28. The van der Waals surface area contributed by atoms with Crippen LogP contribution >= 0.6 is 0 Å². The summed E-state index contributed by atoms with van der Waals surface area (Å²) >= 11 is 0. The Kier molecular flexibility index (Phi) is 3.62. The maximum absolute atomic E-state index is 3.68. The molecular formula is C20H25N. The largest absolute Gasteiger partial charge is 0.306 e. The molecule has 21 heavy (non-hydrogen) atoms. The zero-order chi connectivity index (χ0) is 15.0. The Bertz CT molecular complexity index is 632. The van der Waals surface area contributed by atoms with Gasteiger partial charge in [0.2, 0.25) is 0 Å². The number of hydrogen-bond acceptors (Lipinski definition) is 1. The highest BCUT2D eigenvalue weighted by molar-refractivity contribution is 5.42. The molecule has 1 aliphatic heterocycles. The van der Waals surface area contributed by atoms with Gasteiger partial charge in [0, 0.05) is 6.54 Å². The molecule has 1 aliphatic rings. The highest BCUT2D eigenvalue weighted by Gasteiger charge is 2.22. The maximum Gasteiger partial charge on any atom is 0.0579 e. The van der Waals surface area contributed by atoms with Gasteiger partial charge in [-0.3, -0.25) is 0 Å². The van der Waals surface area contributed by atoms with Crippen LogP contribution in [0.4, 0.5) is 0 Å². The predicted molar refractivity (Wildman–Crippen MR) is 89.9 cm³/mol. The molecule has 3 rings (SSSR count). The fourth-order valence-corrected chi connectivity index (χ4v) is 3.14. The topological polar surface area (TPSA) is 12.0 Å². The lowest BCUT2D eigenvalue weighted by molar-refractivity contribution is 0.564. The van der Waals surface area contributed by atoms with Crippen molar-refractivity contribution >= 4 is 0 Å². The van der Waals surface area contributed by atoms with Gasteiger partial charge in [-0.2, -0.15) is 0 Å². The summed E-state index contributed by atoms with van der Waals surface area (Å²) in [5.74, 6) is 0. The molecule has 0 bridgehead atoms. The predicted octanol–water partition coefficient (Wildman–Crippen LogP) is 4.53. The molecule has 0 saturated heterocycles. The SMILES string of the molecule is Cc1ccc2c(c1)C(c1ccc(C(C)(C)C)cc1)NCC2. The summed E-state index contributed by atoms with van der Waals surface area (Å²) in [4.78, 5) is 0. The Morgan fingerprint density at radius 1 is 1.00 bits per heavy atom. The summed E-state index contributed by atoms with van der Waals surface area (Å²) in [7, 11) is 0. The second-order valence-electron chi connectivity index (χ2n) is 7.21. The van der Waals surface area contributed by atoms with Gasteiger partial charge in [0.05, 0.1) is 6.04 Å². The van der Waals surface area contributed by atoms with Gasteiger partial charge in [-0.1, -0.05) is 68.8 Å². The molecule has 1 nitrogen and oxygen atoms in total. The fraction of sp³-hybridized carbons (Fsp3) is 0.400. The van der Waals surface area contributed by atoms with Crippen LogP contribution in [-0.2, 0) is 11.8 Å². The molecule has 0 radical (unpaired) electrons. The van der Waals surface area contributed by atoms with Crippen molar-refractivity contribution in [2.24, 2.45) is 0 Å².